The van der Waals surface area contributed by atoms with E-state index < -0.39 is 0 Å². The van der Waals surface area contributed by atoms with Crippen LogP contribution in [0.3, 0.4) is 0 Å². The first-order valence-electron chi connectivity index (χ1n) is 7.47. The molecule has 0 saturated carbocycles. The topological polar surface area (TPSA) is 47.0 Å². The highest BCUT2D eigenvalue weighted by Crippen LogP contribution is 2.15. The van der Waals surface area contributed by atoms with Gasteiger partial charge in [0.15, 0.2) is 5.11 Å². The third-order valence-corrected chi connectivity index (χ3v) is 3.63. The molecule has 0 spiro atoms. The molecule has 0 amide bonds. The van der Waals surface area contributed by atoms with Crippen molar-refractivity contribution in [1.29, 1.82) is 0 Å². The van der Waals surface area contributed by atoms with Crippen LogP contribution in [0.15, 0.2) is 24.3 Å². The zero-order chi connectivity index (χ0) is 14.9. The summed E-state index contributed by atoms with van der Waals surface area (Å²) in [6.07, 6.45) is 0. The molecule has 0 radical (unpaired) electrons. The molecule has 1 saturated heterocycles. The Morgan fingerprint density at radius 2 is 2.00 bits per heavy atom. The molecule has 0 bridgehead atoms. The van der Waals surface area contributed by atoms with Crippen LogP contribution < -0.4 is 20.3 Å². The second-order valence-corrected chi connectivity index (χ2v) is 5.36. The fourth-order valence-corrected chi connectivity index (χ4v) is 2.46. The predicted molar refractivity (Wildman–Crippen MR) is 88.2 cm³/mol. The number of thiocarbonyl (C=S) groups is 1. The molecule has 0 unspecified atom stereocenters. The van der Waals surface area contributed by atoms with Gasteiger partial charge in [-0.3, -0.25) is 0 Å². The molecule has 0 atom stereocenters. The molecular formula is C15H24N3O2S+. The maximum Gasteiger partial charge on any atom is 0.170 e. The molecule has 2 rings (SSSR count). The van der Waals surface area contributed by atoms with Gasteiger partial charge < -0.3 is 25.0 Å². The van der Waals surface area contributed by atoms with Crippen LogP contribution in [-0.2, 0) is 4.74 Å². The van der Waals surface area contributed by atoms with Gasteiger partial charge in [-0.1, -0.05) is 0 Å². The van der Waals surface area contributed by atoms with Crippen molar-refractivity contribution >= 4 is 23.0 Å². The largest absolute Gasteiger partial charge is 0.494 e. The lowest BCUT2D eigenvalue weighted by Gasteiger charge is -2.24. The normalized spacial score (nSPS) is 15.5. The average Bonchev–Trinajstić information content (AvgIpc) is 2.51. The molecule has 1 aliphatic heterocycles. The Labute approximate surface area is 131 Å². The first-order chi connectivity index (χ1) is 10.3. The van der Waals surface area contributed by atoms with Gasteiger partial charge in [-0.05, 0) is 43.4 Å². The Hall–Kier alpha value is -1.37. The van der Waals surface area contributed by atoms with E-state index in [0.717, 1.165) is 50.8 Å². The van der Waals surface area contributed by atoms with Crippen molar-refractivity contribution in [2.75, 3.05) is 51.3 Å². The minimum atomic E-state index is 0.659. The summed E-state index contributed by atoms with van der Waals surface area (Å²) in [6, 6.07) is 7.80. The van der Waals surface area contributed by atoms with E-state index in [9.17, 15) is 0 Å². The summed E-state index contributed by atoms with van der Waals surface area (Å²) in [5.74, 6) is 0.873. The van der Waals surface area contributed by atoms with Crippen LogP contribution >= 0.6 is 12.2 Å². The Kier molecular flexibility index (Phi) is 6.72. The zero-order valence-electron chi connectivity index (χ0n) is 12.5. The summed E-state index contributed by atoms with van der Waals surface area (Å²) in [5, 5.41) is 7.08. The Bertz CT molecular complexity index is 433. The number of benzene rings is 1. The summed E-state index contributed by atoms with van der Waals surface area (Å²) in [4.78, 5) is 1.57. The highest BCUT2D eigenvalue weighted by atomic mass is 32.1. The summed E-state index contributed by atoms with van der Waals surface area (Å²) in [6.45, 7) is 8.49. The lowest BCUT2D eigenvalue weighted by atomic mass is 10.3. The molecule has 3 N–H and O–H groups in total. The van der Waals surface area contributed by atoms with Gasteiger partial charge in [-0.15, -0.1) is 0 Å². The molecule has 1 fully saturated rings. The number of quaternary nitrogens is 1. The molecule has 6 heteroatoms. The van der Waals surface area contributed by atoms with Crippen LogP contribution in [0.1, 0.15) is 6.92 Å². The number of morpholine rings is 1. The molecule has 0 aliphatic carbocycles. The van der Waals surface area contributed by atoms with Gasteiger partial charge in [0.1, 0.15) is 18.8 Å². The van der Waals surface area contributed by atoms with Crippen LogP contribution in [0.25, 0.3) is 0 Å². The Morgan fingerprint density at radius 3 is 2.67 bits per heavy atom. The van der Waals surface area contributed by atoms with Gasteiger partial charge in [0.2, 0.25) is 0 Å². The van der Waals surface area contributed by atoms with Crippen LogP contribution in [-0.4, -0.2) is 51.1 Å². The van der Waals surface area contributed by atoms with E-state index in [1.165, 1.54) is 0 Å². The smallest absolute Gasteiger partial charge is 0.170 e. The molecular weight excluding hydrogens is 286 g/mol. The quantitative estimate of drug-likeness (QED) is 0.659. The first-order valence-corrected chi connectivity index (χ1v) is 7.88. The number of nitrogens with one attached hydrogen (secondary N) is 3. The SMILES string of the molecule is CCOc1ccc(NC(=S)NCC[NH+]2CCOCC2)cc1. The molecule has 1 heterocycles. The zero-order valence-corrected chi connectivity index (χ0v) is 13.3. The predicted octanol–water partition coefficient (Wildman–Crippen LogP) is 0.287. The summed E-state index contributed by atoms with van der Waals surface area (Å²) >= 11 is 5.30. The van der Waals surface area contributed by atoms with E-state index in [1.54, 1.807) is 4.90 Å². The van der Waals surface area contributed by atoms with E-state index in [2.05, 4.69) is 10.6 Å². The van der Waals surface area contributed by atoms with E-state index in [1.807, 2.05) is 31.2 Å². The summed E-state index contributed by atoms with van der Waals surface area (Å²) in [7, 11) is 0. The molecule has 21 heavy (non-hydrogen) atoms. The van der Waals surface area contributed by atoms with E-state index >= 15 is 0 Å². The van der Waals surface area contributed by atoms with Crippen LogP contribution in [0, 0.1) is 0 Å². The molecule has 0 aromatic heterocycles. The maximum atomic E-state index is 5.41. The Morgan fingerprint density at radius 1 is 1.29 bits per heavy atom. The van der Waals surface area contributed by atoms with E-state index in [-0.39, 0.29) is 0 Å². The van der Waals surface area contributed by atoms with Gasteiger partial charge in [-0.2, -0.15) is 0 Å². The number of ether oxygens (including phenoxy) is 2. The minimum Gasteiger partial charge on any atom is -0.494 e. The monoisotopic (exact) mass is 310 g/mol. The second kappa shape index (κ2) is 8.81. The number of hydrogen-bond donors (Lipinski definition) is 3. The maximum absolute atomic E-state index is 5.41. The second-order valence-electron chi connectivity index (χ2n) is 4.95. The fraction of sp³-hybridized carbons (Fsp3) is 0.533. The van der Waals surface area contributed by atoms with Gasteiger partial charge in [-0.25, -0.2) is 0 Å². The number of hydrogen-bond acceptors (Lipinski definition) is 3. The minimum absolute atomic E-state index is 0.659. The highest BCUT2D eigenvalue weighted by Gasteiger charge is 2.12. The summed E-state index contributed by atoms with van der Waals surface area (Å²) in [5.41, 5.74) is 0.967. The van der Waals surface area contributed by atoms with Gasteiger partial charge in [0.05, 0.1) is 32.9 Å². The van der Waals surface area contributed by atoms with Crippen molar-refractivity contribution in [3.8, 4) is 5.75 Å². The lowest BCUT2D eigenvalue weighted by molar-refractivity contribution is -0.906. The van der Waals surface area contributed by atoms with Crippen LogP contribution in [0.4, 0.5) is 5.69 Å². The molecule has 1 aromatic carbocycles. The Balaban J connectivity index is 1.66. The average molecular weight is 310 g/mol. The third-order valence-electron chi connectivity index (χ3n) is 3.39. The van der Waals surface area contributed by atoms with Crippen molar-refractivity contribution < 1.29 is 14.4 Å². The van der Waals surface area contributed by atoms with E-state index in [0.29, 0.717) is 11.7 Å². The van der Waals surface area contributed by atoms with Crippen molar-refractivity contribution in [3.63, 3.8) is 0 Å². The van der Waals surface area contributed by atoms with Crippen LogP contribution in [0.2, 0.25) is 0 Å². The van der Waals surface area contributed by atoms with E-state index in [4.69, 9.17) is 21.7 Å². The van der Waals surface area contributed by atoms with Crippen molar-refractivity contribution in [2.24, 2.45) is 0 Å². The van der Waals surface area contributed by atoms with Crippen molar-refractivity contribution in [3.05, 3.63) is 24.3 Å². The number of rotatable bonds is 6. The lowest BCUT2D eigenvalue weighted by Crippen LogP contribution is -3.14. The van der Waals surface area contributed by atoms with Crippen molar-refractivity contribution in [1.82, 2.24) is 5.32 Å². The molecule has 1 aliphatic rings. The highest BCUT2D eigenvalue weighted by molar-refractivity contribution is 7.80. The van der Waals surface area contributed by atoms with Crippen LogP contribution in [0.5, 0.6) is 5.75 Å². The van der Waals surface area contributed by atoms with Crippen molar-refractivity contribution in [2.45, 2.75) is 6.92 Å². The fourth-order valence-electron chi connectivity index (χ4n) is 2.24. The third kappa shape index (κ3) is 5.87. The first kappa shape index (κ1) is 16.0. The van der Waals surface area contributed by atoms with Gasteiger partial charge in [0.25, 0.3) is 0 Å². The standard InChI is InChI=1S/C15H23N3O2S/c1-2-20-14-5-3-13(4-6-14)17-15(21)16-7-8-18-9-11-19-12-10-18/h3-6H,2,7-12H2,1H3,(H2,16,17,21)/p+1. The molecule has 116 valence electrons. The molecule has 5 nitrogen and oxygen atoms in total. The van der Waals surface area contributed by atoms with Gasteiger partial charge >= 0.3 is 0 Å². The van der Waals surface area contributed by atoms with Gasteiger partial charge in [0, 0.05) is 5.69 Å². The number of anilines is 1. The molecule has 1 aromatic rings. The summed E-state index contributed by atoms with van der Waals surface area (Å²) < 4.78 is 10.8.